The van der Waals surface area contributed by atoms with E-state index in [-0.39, 0.29) is 40.9 Å². The summed E-state index contributed by atoms with van der Waals surface area (Å²) in [6.45, 7) is 11.8. The summed E-state index contributed by atoms with van der Waals surface area (Å²) in [4.78, 5) is 33.8. The molecule has 1 aromatic carbocycles. The number of hydrogen-bond acceptors (Lipinski definition) is 6. The maximum Gasteiger partial charge on any atom is 0.257 e. The SMILES string of the molecule is CCN(CC)C(=O)[C@@H](C)C1CC[C@@]2(C)Cc3sc(NC(=O)c4ccc(OC)cc4)nc3[C@@H](C)[C@@H]2[C@H]1O. The van der Waals surface area contributed by atoms with Crippen molar-refractivity contribution in [2.45, 2.75) is 65.9 Å². The maximum absolute atomic E-state index is 13.1. The van der Waals surface area contributed by atoms with Crippen molar-refractivity contribution in [2.75, 3.05) is 25.5 Å². The van der Waals surface area contributed by atoms with Crippen LogP contribution in [0.15, 0.2) is 24.3 Å². The molecule has 6 atom stereocenters. The Labute approximate surface area is 218 Å². The first-order chi connectivity index (χ1) is 17.1. The van der Waals surface area contributed by atoms with Crippen molar-refractivity contribution in [1.29, 1.82) is 0 Å². The van der Waals surface area contributed by atoms with Crippen molar-refractivity contribution in [3.05, 3.63) is 40.4 Å². The van der Waals surface area contributed by atoms with Crippen LogP contribution < -0.4 is 10.1 Å². The number of carbonyl (C=O) groups is 2. The number of thiazole rings is 1. The Morgan fingerprint density at radius 1 is 1.28 bits per heavy atom. The molecule has 1 heterocycles. The highest BCUT2D eigenvalue weighted by molar-refractivity contribution is 7.15. The summed E-state index contributed by atoms with van der Waals surface area (Å²) in [7, 11) is 1.59. The lowest BCUT2D eigenvalue weighted by Gasteiger charge is -2.53. The van der Waals surface area contributed by atoms with Crippen LogP contribution in [0, 0.1) is 23.2 Å². The Hall–Kier alpha value is -2.45. The van der Waals surface area contributed by atoms with E-state index in [1.54, 1.807) is 31.4 Å². The molecular weight excluding hydrogens is 474 g/mol. The van der Waals surface area contributed by atoms with E-state index < -0.39 is 6.10 Å². The predicted octanol–water partition coefficient (Wildman–Crippen LogP) is 4.96. The summed E-state index contributed by atoms with van der Waals surface area (Å²) >= 11 is 1.54. The molecule has 1 saturated carbocycles. The summed E-state index contributed by atoms with van der Waals surface area (Å²) in [6, 6.07) is 6.99. The summed E-state index contributed by atoms with van der Waals surface area (Å²) in [6.07, 6.45) is 2.06. The van der Waals surface area contributed by atoms with Crippen LogP contribution in [0.25, 0.3) is 0 Å². The highest BCUT2D eigenvalue weighted by Crippen LogP contribution is 2.57. The van der Waals surface area contributed by atoms with E-state index >= 15 is 0 Å². The molecule has 0 aliphatic heterocycles. The average molecular weight is 514 g/mol. The number of fused-ring (bicyclic) bond motifs is 2. The number of carbonyl (C=O) groups excluding carboxylic acids is 2. The molecule has 2 aliphatic carbocycles. The Kier molecular flexibility index (Phi) is 7.76. The first-order valence-electron chi connectivity index (χ1n) is 13.0. The molecule has 196 valence electrons. The first-order valence-corrected chi connectivity index (χ1v) is 13.9. The number of benzene rings is 1. The molecular formula is C28H39N3O4S. The van der Waals surface area contributed by atoms with Gasteiger partial charge in [0.25, 0.3) is 5.91 Å². The van der Waals surface area contributed by atoms with Crippen LogP contribution in [0.4, 0.5) is 5.13 Å². The summed E-state index contributed by atoms with van der Waals surface area (Å²) in [5, 5.41) is 15.2. The minimum Gasteiger partial charge on any atom is -0.497 e. The topological polar surface area (TPSA) is 91.8 Å². The van der Waals surface area contributed by atoms with Gasteiger partial charge >= 0.3 is 0 Å². The lowest BCUT2D eigenvalue weighted by molar-refractivity contribution is -0.144. The molecule has 2 aliphatic rings. The molecule has 0 saturated heterocycles. The zero-order chi connectivity index (χ0) is 26.2. The Morgan fingerprint density at radius 2 is 1.94 bits per heavy atom. The summed E-state index contributed by atoms with van der Waals surface area (Å²) in [5.74, 6) is 0.405. The minimum absolute atomic E-state index is 0.0166. The van der Waals surface area contributed by atoms with Crippen molar-refractivity contribution >= 4 is 28.3 Å². The van der Waals surface area contributed by atoms with Gasteiger partial charge in [-0.1, -0.05) is 20.8 Å². The number of aromatic nitrogens is 1. The molecule has 1 fully saturated rings. The first kappa shape index (κ1) is 26.6. The lowest BCUT2D eigenvalue weighted by atomic mass is 9.53. The second-order valence-corrected chi connectivity index (χ2v) is 11.7. The monoisotopic (exact) mass is 513 g/mol. The molecule has 7 nitrogen and oxygen atoms in total. The fourth-order valence-electron chi connectivity index (χ4n) is 6.52. The number of hydrogen-bond donors (Lipinski definition) is 2. The Balaban J connectivity index is 1.53. The van der Waals surface area contributed by atoms with Gasteiger partial charge in [0.15, 0.2) is 5.13 Å². The Bertz CT molecular complexity index is 1100. The number of ether oxygens (including phenoxy) is 1. The molecule has 2 N–H and O–H groups in total. The van der Waals surface area contributed by atoms with E-state index in [1.807, 2.05) is 25.7 Å². The van der Waals surface area contributed by atoms with Crippen molar-refractivity contribution in [1.82, 2.24) is 9.88 Å². The Morgan fingerprint density at radius 3 is 2.56 bits per heavy atom. The van der Waals surface area contributed by atoms with Gasteiger partial charge in [-0.2, -0.15) is 0 Å². The second-order valence-electron chi connectivity index (χ2n) is 10.6. The van der Waals surface area contributed by atoms with Gasteiger partial charge in [0.2, 0.25) is 5.91 Å². The molecule has 36 heavy (non-hydrogen) atoms. The molecule has 8 heteroatoms. The van der Waals surface area contributed by atoms with Gasteiger partial charge in [-0.25, -0.2) is 4.98 Å². The smallest absolute Gasteiger partial charge is 0.257 e. The quantitative estimate of drug-likeness (QED) is 0.546. The van der Waals surface area contributed by atoms with Gasteiger partial charge in [-0.15, -0.1) is 11.3 Å². The number of rotatable bonds is 7. The second kappa shape index (κ2) is 10.5. The number of nitrogens with zero attached hydrogens (tertiary/aromatic N) is 2. The van der Waals surface area contributed by atoms with Crippen molar-refractivity contribution in [3.8, 4) is 5.75 Å². The molecule has 0 radical (unpaired) electrons. The molecule has 4 rings (SSSR count). The van der Waals surface area contributed by atoms with E-state index in [1.165, 1.54) is 16.2 Å². The minimum atomic E-state index is -0.569. The average Bonchev–Trinajstić information content (AvgIpc) is 3.26. The molecule has 1 aromatic heterocycles. The van der Waals surface area contributed by atoms with E-state index in [0.717, 1.165) is 25.0 Å². The highest BCUT2D eigenvalue weighted by atomic mass is 32.1. The van der Waals surface area contributed by atoms with Gasteiger partial charge in [0.1, 0.15) is 5.75 Å². The van der Waals surface area contributed by atoms with Crippen LogP contribution in [0.3, 0.4) is 0 Å². The van der Waals surface area contributed by atoms with E-state index in [2.05, 4.69) is 19.2 Å². The maximum atomic E-state index is 13.1. The number of aliphatic hydroxyl groups excluding tert-OH is 1. The van der Waals surface area contributed by atoms with Crippen LogP contribution in [-0.4, -0.2) is 53.1 Å². The van der Waals surface area contributed by atoms with Gasteiger partial charge in [-0.3, -0.25) is 14.9 Å². The van der Waals surface area contributed by atoms with Gasteiger partial charge < -0.3 is 14.7 Å². The van der Waals surface area contributed by atoms with Crippen LogP contribution in [0.2, 0.25) is 0 Å². The van der Waals surface area contributed by atoms with Gasteiger partial charge in [-0.05, 0) is 74.6 Å². The molecule has 2 amide bonds. The normalized spacial score (nSPS) is 28.0. The third-order valence-corrected chi connectivity index (χ3v) is 9.59. The third-order valence-electron chi connectivity index (χ3n) is 8.60. The van der Waals surface area contributed by atoms with E-state index in [9.17, 15) is 14.7 Å². The van der Waals surface area contributed by atoms with Crippen molar-refractivity contribution in [2.24, 2.45) is 23.2 Å². The van der Waals surface area contributed by atoms with E-state index in [0.29, 0.717) is 29.5 Å². The fraction of sp³-hybridized carbons (Fsp3) is 0.607. The number of aliphatic hydroxyl groups is 1. The van der Waals surface area contributed by atoms with Gasteiger partial charge in [0, 0.05) is 35.4 Å². The zero-order valence-electron chi connectivity index (χ0n) is 22.2. The molecule has 0 bridgehead atoms. The molecule has 0 spiro atoms. The molecule has 1 unspecified atom stereocenters. The third kappa shape index (κ3) is 4.77. The summed E-state index contributed by atoms with van der Waals surface area (Å²) < 4.78 is 5.17. The fourth-order valence-corrected chi connectivity index (χ4v) is 7.78. The van der Waals surface area contributed by atoms with Gasteiger partial charge in [0.05, 0.1) is 18.9 Å². The number of methoxy groups -OCH3 is 1. The van der Waals surface area contributed by atoms with Crippen molar-refractivity contribution in [3.63, 3.8) is 0 Å². The van der Waals surface area contributed by atoms with Crippen LogP contribution in [-0.2, 0) is 11.2 Å². The highest BCUT2D eigenvalue weighted by Gasteiger charge is 2.54. The zero-order valence-corrected chi connectivity index (χ0v) is 23.0. The molecule has 2 aromatic rings. The number of amides is 2. The standard InChI is InChI=1S/C28H39N3O4S/c1-7-31(8-2)26(34)16(3)20-13-14-28(5)15-21-23(17(4)22(28)24(20)32)29-27(36-21)30-25(33)18-9-11-19(35-6)12-10-18/h9-12,16-17,20,22,24,32H,7-8,13-15H2,1-6H3,(H,29,30,33)/t16-,17-,20?,22+,24-,28-/m0/s1. The summed E-state index contributed by atoms with van der Waals surface area (Å²) in [5.41, 5.74) is 1.45. The van der Waals surface area contributed by atoms with E-state index in [4.69, 9.17) is 9.72 Å². The predicted molar refractivity (Wildman–Crippen MR) is 143 cm³/mol. The number of nitrogens with one attached hydrogen (secondary N) is 1. The largest absolute Gasteiger partial charge is 0.497 e. The van der Waals surface area contributed by atoms with Crippen LogP contribution >= 0.6 is 11.3 Å². The number of anilines is 1. The van der Waals surface area contributed by atoms with Crippen molar-refractivity contribution < 1.29 is 19.4 Å². The lowest BCUT2D eigenvalue weighted by Crippen LogP contribution is -2.53. The van der Waals surface area contributed by atoms with Crippen LogP contribution in [0.5, 0.6) is 5.75 Å². The van der Waals surface area contributed by atoms with Crippen LogP contribution in [0.1, 0.15) is 74.3 Å².